The van der Waals surface area contributed by atoms with Gasteiger partial charge in [0.05, 0.1) is 11.7 Å². The molecule has 0 radical (unpaired) electrons. The topological polar surface area (TPSA) is 129 Å². The molecule has 13 heteroatoms. The number of alkyl halides is 3. The highest BCUT2D eigenvalue weighted by molar-refractivity contribution is 6.04. The molecule has 4 N–H and O–H groups in total. The first-order valence-electron chi connectivity index (χ1n) is 9.87. The van der Waals surface area contributed by atoms with Crippen LogP contribution in [0, 0.1) is 6.92 Å². The summed E-state index contributed by atoms with van der Waals surface area (Å²) >= 11 is 0. The molecule has 4 rings (SSSR count). The van der Waals surface area contributed by atoms with Crippen LogP contribution in [-0.2, 0) is 0 Å². The Labute approximate surface area is 181 Å². The molecule has 0 spiro atoms. The van der Waals surface area contributed by atoms with Gasteiger partial charge in [-0.05, 0) is 32.4 Å². The minimum atomic E-state index is -4.59. The molecule has 1 fully saturated rings. The summed E-state index contributed by atoms with van der Waals surface area (Å²) in [4.78, 5) is 41.2. The van der Waals surface area contributed by atoms with Gasteiger partial charge in [0.25, 0.3) is 5.91 Å². The van der Waals surface area contributed by atoms with Crippen molar-refractivity contribution in [3.63, 3.8) is 0 Å². The normalized spacial score (nSPS) is 18.2. The Morgan fingerprint density at radius 2 is 2.03 bits per heavy atom. The fourth-order valence-corrected chi connectivity index (χ4v) is 3.62. The second kappa shape index (κ2) is 7.80. The largest absolute Gasteiger partial charge is 0.408 e. The Morgan fingerprint density at radius 1 is 1.28 bits per heavy atom. The van der Waals surface area contributed by atoms with Crippen LogP contribution in [-0.4, -0.2) is 58.2 Å². The van der Waals surface area contributed by atoms with Gasteiger partial charge in [-0.2, -0.15) is 18.2 Å². The lowest BCUT2D eigenvalue weighted by atomic mass is 10.1. The van der Waals surface area contributed by atoms with Crippen molar-refractivity contribution in [2.75, 3.05) is 33.9 Å². The number of nitrogens with two attached hydrogens (primary N) is 1. The van der Waals surface area contributed by atoms with E-state index in [0.29, 0.717) is 30.8 Å². The third kappa shape index (κ3) is 3.97. The van der Waals surface area contributed by atoms with Crippen molar-refractivity contribution in [3.05, 3.63) is 29.6 Å². The Bertz CT molecular complexity index is 1080. The Hall–Kier alpha value is -3.64. The number of hydrogen-bond donors (Lipinski definition) is 3. The second-order valence-corrected chi connectivity index (χ2v) is 7.73. The predicted molar refractivity (Wildman–Crippen MR) is 111 cm³/mol. The van der Waals surface area contributed by atoms with Gasteiger partial charge in [-0.25, -0.2) is 14.8 Å². The van der Waals surface area contributed by atoms with Gasteiger partial charge in [0.2, 0.25) is 5.95 Å². The molecule has 2 aromatic rings. The molecule has 170 valence electrons. The maximum Gasteiger partial charge on any atom is 0.408 e. The zero-order valence-electron chi connectivity index (χ0n) is 17.3. The summed E-state index contributed by atoms with van der Waals surface area (Å²) in [6, 6.07) is 0.0734. The molecule has 2 atom stereocenters. The lowest BCUT2D eigenvalue weighted by Crippen LogP contribution is -2.49. The van der Waals surface area contributed by atoms with Gasteiger partial charge < -0.3 is 16.0 Å². The van der Waals surface area contributed by atoms with E-state index in [1.54, 1.807) is 13.0 Å². The average molecular weight is 450 g/mol. The number of fused-ring (bicyclic) bond motifs is 4. The first-order chi connectivity index (χ1) is 15.0. The molecule has 32 heavy (non-hydrogen) atoms. The number of urea groups is 1. The maximum absolute atomic E-state index is 13.1. The molecule has 2 bridgehead atoms. The van der Waals surface area contributed by atoms with Crippen LogP contribution in [0.3, 0.4) is 0 Å². The van der Waals surface area contributed by atoms with E-state index in [-0.39, 0.29) is 29.3 Å². The standard InChI is InChI=1S/C19H21F3N8O2/c1-9-7-24-17(27-14(9)23)28-18(32)30-11-5-6-29(8-11)13-4-3-12(26-15(13)30)16(31)25-10(2)19(20,21)22/h3-4,7,10-11H,5-6,8H2,1-2H3,(H,25,31)(H3,23,24,27,28,32)/t10-,11+/m1/s1. The molecular weight excluding hydrogens is 429 g/mol. The number of carbonyl (C=O) groups excluding carboxylic acids is 2. The van der Waals surface area contributed by atoms with Crippen LogP contribution in [0.15, 0.2) is 18.3 Å². The van der Waals surface area contributed by atoms with E-state index in [1.807, 2.05) is 10.2 Å². The van der Waals surface area contributed by atoms with Crippen molar-refractivity contribution in [2.24, 2.45) is 0 Å². The number of aromatic nitrogens is 3. The molecule has 2 aliphatic heterocycles. The number of aryl methyl sites for hydroxylation is 1. The highest BCUT2D eigenvalue weighted by Gasteiger charge is 2.41. The van der Waals surface area contributed by atoms with E-state index in [0.717, 1.165) is 6.92 Å². The molecule has 2 aliphatic rings. The number of nitrogen functional groups attached to an aromatic ring is 1. The van der Waals surface area contributed by atoms with Gasteiger partial charge in [0.15, 0.2) is 5.82 Å². The Kier molecular flexibility index (Phi) is 5.26. The molecule has 0 aromatic carbocycles. The van der Waals surface area contributed by atoms with Crippen LogP contribution in [0.1, 0.15) is 29.4 Å². The summed E-state index contributed by atoms with van der Waals surface area (Å²) in [5.74, 6) is -0.575. The first kappa shape index (κ1) is 21.6. The van der Waals surface area contributed by atoms with Gasteiger partial charge in [0, 0.05) is 24.8 Å². The number of pyridine rings is 1. The van der Waals surface area contributed by atoms with E-state index < -0.39 is 24.2 Å². The molecule has 0 aliphatic carbocycles. The van der Waals surface area contributed by atoms with Crippen molar-refractivity contribution >= 4 is 35.2 Å². The quantitative estimate of drug-likeness (QED) is 0.653. The number of rotatable bonds is 3. The van der Waals surface area contributed by atoms with Gasteiger partial charge in [0.1, 0.15) is 17.6 Å². The second-order valence-electron chi connectivity index (χ2n) is 7.73. The van der Waals surface area contributed by atoms with Crippen molar-refractivity contribution in [2.45, 2.75) is 38.5 Å². The number of nitrogens with zero attached hydrogens (tertiary/aromatic N) is 5. The van der Waals surface area contributed by atoms with Crippen molar-refractivity contribution < 1.29 is 22.8 Å². The van der Waals surface area contributed by atoms with Crippen LogP contribution in [0.5, 0.6) is 0 Å². The van der Waals surface area contributed by atoms with Crippen molar-refractivity contribution in [1.29, 1.82) is 0 Å². The minimum absolute atomic E-state index is 0.00739. The molecule has 2 aromatic heterocycles. The SMILES string of the molecule is Cc1cnc(NC(=O)N2c3nc(C(=O)N[C@H](C)C(F)(F)F)ccc3N3CC[C@H]2C3)nc1N. The van der Waals surface area contributed by atoms with Gasteiger partial charge >= 0.3 is 12.2 Å². The highest BCUT2D eigenvalue weighted by atomic mass is 19.4. The smallest absolute Gasteiger partial charge is 0.383 e. The highest BCUT2D eigenvalue weighted by Crippen LogP contribution is 2.39. The number of nitrogens with one attached hydrogen (secondary N) is 2. The Balaban J connectivity index is 1.63. The minimum Gasteiger partial charge on any atom is -0.383 e. The monoisotopic (exact) mass is 450 g/mol. The molecule has 0 unspecified atom stereocenters. The third-order valence-electron chi connectivity index (χ3n) is 5.47. The van der Waals surface area contributed by atoms with Crippen LogP contribution < -0.4 is 26.2 Å². The van der Waals surface area contributed by atoms with E-state index in [1.165, 1.54) is 17.2 Å². The molecular formula is C19H21F3N8O2. The van der Waals surface area contributed by atoms with E-state index in [4.69, 9.17) is 5.73 Å². The fraction of sp³-hybridized carbons (Fsp3) is 0.421. The summed E-state index contributed by atoms with van der Waals surface area (Å²) in [5, 5.41) is 4.46. The lowest BCUT2D eigenvalue weighted by Gasteiger charge is -2.35. The number of halogens is 3. The maximum atomic E-state index is 13.1. The summed E-state index contributed by atoms with van der Waals surface area (Å²) in [7, 11) is 0. The molecule has 10 nitrogen and oxygen atoms in total. The first-order valence-corrected chi connectivity index (χ1v) is 9.87. The van der Waals surface area contributed by atoms with Crippen molar-refractivity contribution in [3.8, 4) is 0 Å². The van der Waals surface area contributed by atoms with Gasteiger partial charge in [-0.15, -0.1) is 0 Å². The van der Waals surface area contributed by atoms with Gasteiger partial charge in [-0.1, -0.05) is 0 Å². The van der Waals surface area contributed by atoms with Crippen LogP contribution in [0.25, 0.3) is 0 Å². The van der Waals surface area contributed by atoms with Crippen LogP contribution in [0.2, 0.25) is 0 Å². The fourth-order valence-electron chi connectivity index (χ4n) is 3.62. The summed E-state index contributed by atoms with van der Waals surface area (Å²) in [6.07, 6.45) is -2.45. The van der Waals surface area contributed by atoms with E-state index >= 15 is 0 Å². The summed E-state index contributed by atoms with van der Waals surface area (Å²) < 4.78 is 38.4. The van der Waals surface area contributed by atoms with Gasteiger partial charge in [-0.3, -0.25) is 15.0 Å². The molecule has 1 saturated heterocycles. The number of hydrogen-bond acceptors (Lipinski definition) is 7. The third-order valence-corrected chi connectivity index (χ3v) is 5.47. The van der Waals surface area contributed by atoms with Crippen LogP contribution in [0.4, 0.5) is 41.2 Å². The predicted octanol–water partition coefficient (Wildman–Crippen LogP) is 2.07. The van der Waals surface area contributed by atoms with Crippen LogP contribution >= 0.6 is 0 Å². The Morgan fingerprint density at radius 3 is 2.72 bits per heavy atom. The molecule has 3 amide bonds. The molecule has 0 saturated carbocycles. The zero-order valence-corrected chi connectivity index (χ0v) is 17.3. The zero-order chi connectivity index (χ0) is 23.2. The van der Waals surface area contributed by atoms with Crippen molar-refractivity contribution in [1.82, 2.24) is 20.3 Å². The summed E-state index contributed by atoms with van der Waals surface area (Å²) in [6.45, 7) is 3.81. The number of amides is 3. The van der Waals surface area contributed by atoms with E-state index in [2.05, 4.69) is 20.3 Å². The average Bonchev–Trinajstić information content (AvgIpc) is 3.14. The van der Waals surface area contributed by atoms with E-state index in [9.17, 15) is 22.8 Å². The summed E-state index contributed by atoms with van der Waals surface area (Å²) in [5.41, 5.74) is 6.81. The molecule has 4 heterocycles. The lowest BCUT2D eigenvalue weighted by molar-refractivity contribution is -0.149. The number of carbonyl (C=O) groups is 2. The number of anilines is 4.